The molecule has 7 nitrogen and oxygen atoms in total. The monoisotopic (exact) mass is 496 g/mol. The fraction of sp³-hybridized carbons (Fsp3) is 0.552. The Morgan fingerprint density at radius 3 is 2.58 bits per heavy atom. The van der Waals surface area contributed by atoms with E-state index in [0.29, 0.717) is 30.0 Å². The molecule has 196 valence electrons. The van der Waals surface area contributed by atoms with Gasteiger partial charge in [-0.05, 0) is 60.4 Å². The third kappa shape index (κ3) is 6.84. The summed E-state index contributed by atoms with van der Waals surface area (Å²) >= 11 is 0. The Balaban J connectivity index is 1.74. The van der Waals surface area contributed by atoms with Gasteiger partial charge in [0.05, 0.1) is 13.5 Å². The first-order valence-electron chi connectivity index (χ1n) is 13.2. The fourth-order valence-electron chi connectivity index (χ4n) is 5.29. The number of anilines is 1. The van der Waals surface area contributed by atoms with Gasteiger partial charge in [0.25, 0.3) is 0 Å². The lowest BCUT2D eigenvalue weighted by Gasteiger charge is -2.34. The maximum absolute atomic E-state index is 12.5. The molecule has 36 heavy (non-hydrogen) atoms. The zero-order valence-electron chi connectivity index (χ0n) is 21.6. The van der Waals surface area contributed by atoms with Crippen LogP contribution in [0.15, 0.2) is 24.4 Å². The number of aryl methyl sites for hydroxylation is 1. The van der Waals surface area contributed by atoms with Crippen LogP contribution in [-0.4, -0.2) is 40.5 Å². The number of aromatic hydroxyl groups is 1. The third-order valence-corrected chi connectivity index (χ3v) is 7.30. The lowest BCUT2D eigenvalue weighted by atomic mass is 9.71. The first kappa shape index (κ1) is 27.7. The molecular formula is C29H40N2O5. The fourth-order valence-corrected chi connectivity index (χ4v) is 5.29. The predicted molar refractivity (Wildman–Crippen MR) is 140 cm³/mol. The number of aromatic nitrogens is 1. The van der Waals surface area contributed by atoms with E-state index in [1.54, 1.807) is 12.3 Å². The SMILES string of the molecule is CCCCCCCC(=O)CC(=O)CCc1cc(OC)c(O)c(C2c3ccnc(N)c3CCC2CO)c1. The van der Waals surface area contributed by atoms with Crippen molar-refractivity contribution < 1.29 is 24.5 Å². The number of ketones is 2. The Bertz CT molecular complexity index is 1050. The van der Waals surface area contributed by atoms with Crippen LogP contribution in [0.3, 0.4) is 0 Å². The molecule has 1 aliphatic carbocycles. The molecule has 1 aromatic heterocycles. The number of Topliss-reactive ketones (excluding diaryl/α,β-unsaturated/α-hetero) is 2. The van der Waals surface area contributed by atoms with Crippen LogP contribution in [0.2, 0.25) is 0 Å². The Hall–Kier alpha value is -2.93. The molecule has 0 bridgehead atoms. The van der Waals surface area contributed by atoms with Gasteiger partial charge < -0.3 is 20.7 Å². The topological polar surface area (TPSA) is 123 Å². The molecule has 0 radical (unpaired) electrons. The summed E-state index contributed by atoms with van der Waals surface area (Å²) in [7, 11) is 1.49. The number of fused-ring (bicyclic) bond motifs is 1. The van der Waals surface area contributed by atoms with Gasteiger partial charge in [-0.1, -0.05) is 38.7 Å². The number of phenols is 1. The van der Waals surface area contributed by atoms with Gasteiger partial charge in [0, 0.05) is 37.1 Å². The summed E-state index contributed by atoms with van der Waals surface area (Å²) in [6.45, 7) is 2.13. The molecule has 0 saturated carbocycles. The van der Waals surface area contributed by atoms with Crippen LogP contribution in [0.4, 0.5) is 5.82 Å². The summed E-state index contributed by atoms with van der Waals surface area (Å²) in [5.74, 6) is 0.386. The van der Waals surface area contributed by atoms with Gasteiger partial charge in [-0.25, -0.2) is 4.98 Å². The minimum Gasteiger partial charge on any atom is -0.504 e. The molecule has 0 saturated heterocycles. The normalized spacial score (nSPS) is 17.0. The number of unbranched alkanes of at least 4 members (excludes halogenated alkanes) is 4. The van der Waals surface area contributed by atoms with Gasteiger partial charge in [0.1, 0.15) is 17.4 Å². The van der Waals surface area contributed by atoms with Crippen molar-refractivity contribution in [2.24, 2.45) is 5.92 Å². The number of phenolic OH excluding ortho intramolecular Hbond substituents is 1. The number of rotatable bonds is 14. The molecule has 0 spiro atoms. The van der Waals surface area contributed by atoms with E-state index in [4.69, 9.17) is 10.5 Å². The van der Waals surface area contributed by atoms with E-state index in [1.807, 2.05) is 12.1 Å². The van der Waals surface area contributed by atoms with Crippen molar-refractivity contribution >= 4 is 17.4 Å². The highest BCUT2D eigenvalue weighted by molar-refractivity contribution is 5.99. The number of benzene rings is 1. The molecule has 4 N–H and O–H groups in total. The Morgan fingerprint density at radius 2 is 1.86 bits per heavy atom. The molecule has 0 fully saturated rings. The van der Waals surface area contributed by atoms with Crippen LogP contribution >= 0.6 is 0 Å². The quantitative estimate of drug-likeness (QED) is 0.251. The van der Waals surface area contributed by atoms with Crippen LogP contribution in [-0.2, 0) is 22.4 Å². The van der Waals surface area contributed by atoms with E-state index in [-0.39, 0.29) is 48.6 Å². The predicted octanol–water partition coefficient (Wildman–Crippen LogP) is 4.89. The molecule has 3 rings (SSSR count). The number of pyridine rings is 1. The second kappa shape index (κ2) is 13.4. The van der Waals surface area contributed by atoms with Crippen LogP contribution in [0.25, 0.3) is 0 Å². The molecule has 2 unspecified atom stereocenters. The largest absolute Gasteiger partial charge is 0.504 e. The first-order valence-corrected chi connectivity index (χ1v) is 13.2. The summed E-state index contributed by atoms with van der Waals surface area (Å²) in [5, 5.41) is 21.2. The lowest BCUT2D eigenvalue weighted by Crippen LogP contribution is -2.26. The highest BCUT2D eigenvalue weighted by atomic mass is 16.5. The number of hydrogen-bond donors (Lipinski definition) is 3. The van der Waals surface area contributed by atoms with Crippen LogP contribution in [0.5, 0.6) is 11.5 Å². The van der Waals surface area contributed by atoms with Crippen LogP contribution in [0.1, 0.15) is 92.9 Å². The minimum absolute atomic E-state index is 0.0104. The highest BCUT2D eigenvalue weighted by Gasteiger charge is 2.34. The summed E-state index contributed by atoms with van der Waals surface area (Å²) in [6.07, 6.45) is 9.57. The number of nitrogens with two attached hydrogens (primary N) is 1. The lowest BCUT2D eigenvalue weighted by molar-refractivity contribution is -0.127. The van der Waals surface area contributed by atoms with E-state index in [9.17, 15) is 19.8 Å². The number of aliphatic hydroxyl groups excluding tert-OH is 1. The minimum atomic E-state index is -0.275. The van der Waals surface area contributed by atoms with Crippen molar-refractivity contribution in [2.45, 2.75) is 83.5 Å². The molecule has 0 aliphatic heterocycles. The van der Waals surface area contributed by atoms with Crippen molar-refractivity contribution in [3.05, 3.63) is 46.6 Å². The van der Waals surface area contributed by atoms with Crippen molar-refractivity contribution in [2.75, 3.05) is 19.5 Å². The summed E-state index contributed by atoms with van der Waals surface area (Å²) in [6, 6.07) is 5.52. The number of carbonyl (C=O) groups is 2. The van der Waals surface area contributed by atoms with Gasteiger partial charge >= 0.3 is 0 Å². The van der Waals surface area contributed by atoms with E-state index >= 15 is 0 Å². The molecule has 0 amide bonds. The van der Waals surface area contributed by atoms with Crippen molar-refractivity contribution in [3.8, 4) is 11.5 Å². The number of carbonyl (C=O) groups excluding carboxylic acids is 2. The van der Waals surface area contributed by atoms with Crippen molar-refractivity contribution in [3.63, 3.8) is 0 Å². The first-order chi connectivity index (χ1) is 17.4. The Labute approximate surface area is 214 Å². The summed E-state index contributed by atoms with van der Waals surface area (Å²) in [5.41, 5.74) is 9.51. The maximum atomic E-state index is 12.5. The molecule has 2 aromatic rings. The van der Waals surface area contributed by atoms with Gasteiger partial charge in [0.2, 0.25) is 0 Å². The van der Waals surface area contributed by atoms with E-state index < -0.39 is 0 Å². The van der Waals surface area contributed by atoms with Gasteiger partial charge in [-0.3, -0.25) is 9.59 Å². The molecule has 1 heterocycles. The average Bonchev–Trinajstić information content (AvgIpc) is 2.87. The second-order valence-electron chi connectivity index (χ2n) is 9.88. The zero-order chi connectivity index (χ0) is 26.1. The molecule has 7 heteroatoms. The summed E-state index contributed by atoms with van der Waals surface area (Å²) < 4.78 is 5.45. The smallest absolute Gasteiger partial charge is 0.161 e. The van der Waals surface area contributed by atoms with E-state index in [2.05, 4.69) is 11.9 Å². The molecule has 1 aliphatic rings. The number of hydrogen-bond acceptors (Lipinski definition) is 7. The van der Waals surface area contributed by atoms with Crippen molar-refractivity contribution in [1.29, 1.82) is 0 Å². The van der Waals surface area contributed by atoms with Gasteiger partial charge in [-0.15, -0.1) is 0 Å². The number of ether oxygens (including phenoxy) is 1. The number of nitrogen functional groups attached to an aromatic ring is 1. The number of methoxy groups -OCH3 is 1. The molecule has 2 atom stereocenters. The number of nitrogens with zero attached hydrogens (tertiary/aromatic N) is 1. The zero-order valence-corrected chi connectivity index (χ0v) is 21.6. The maximum Gasteiger partial charge on any atom is 0.161 e. The van der Waals surface area contributed by atoms with E-state index in [1.165, 1.54) is 13.5 Å². The van der Waals surface area contributed by atoms with Gasteiger partial charge in [-0.2, -0.15) is 0 Å². The second-order valence-corrected chi connectivity index (χ2v) is 9.88. The van der Waals surface area contributed by atoms with Crippen molar-refractivity contribution in [1.82, 2.24) is 4.98 Å². The van der Waals surface area contributed by atoms with Crippen LogP contribution < -0.4 is 10.5 Å². The number of aliphatic hydroxyl groups is 1. The average molecular weight is 497 g/mol. The summed E-state index contributed by atoms with van der Waals surface area (Å²) in [4.78, 5) is 28.9. The van der Waals surface area contributed by atoms with E-state index in [0.717, 1.165) is 55.2 Å². The standard InChI is InChI=1S/C29H40N2O5/c1-3-4-5-6-7-8-21(33)17-22(34)11-9-19-15-25(28(35)26(16-19)36-2)27-20(18-32)10-12-24-23(27)13-14-31-29(24)30/h13-16,20,27,32,35H,3-12,17-18H2,1-2H3,(H2,30,31). The molecular weight excluding hydrogens is 456 g/mol. The Kier molecular flexibility index (Phi) is 10.3. The Morgan fingerprint density at radius 1 is 1.11 bits per heavy atom. The highest BCUT2D eigenvalue weighted by Crippen LogP contribution is 2.47. The molecule has 1 aromatic carbocycles. The third-order valence-electron chi connectivity index (χ3n) is 7.30. The van der Waals surface area contributed by atoms with Gasteiger partial charge in [0.15, 0.2) is 11.5 Å². The van der Waals surface area contributed by atoms with Crippen LogP contribution in [0, 0.1) is 5.92 Å².